The maximum absolute atomic E-state index is 12.9. The van der Waals surface area contributed by atoms with Crippen LogP contribution < -0.4 is 11.4 Å². The SMILES string of the molecule is Nc1ccn([C@@H]2O[C@H](COP(=O)(O)OP(=O)(O)OP(=O)(O)O)[C@@H](OP(=O)(O)OP(=O)(O)OP(=O)(O)OC[C@H]3O[C@@H](n4cnc5c(O)ncnc54)[C@H](O)[C@@H]3O)[C@H]2O)c(=O)n1. The van der Waals surface area contributed by atoms with E-state index in [-0.39, 0.29) is 17.0 Å². The van der Waals surface area contributed by atoms with Crippen molar-refractivity contribution < 1.29 is 122 Å². The van der Waals surface area contributed by atoms with E-state index in [4.69, 9.17) is 25.0 Å². The molecule has 40 heteroatoms. The molecule has 5 rings (SSSR count). The molecule has 2 fully saturated rings. The normalized spacial score (nSPS) is 30.3. The predicted octanol–water partition coefficient (Wildman–Crippen LogP) is -2.67. The number of aliphatic hydroxyl groups excluding tert-OH is 3. The summed E-state index contributed by atoms with van der Waals surface area (Å²) in [6.45, 7) is -2.74. The van der Waals surface area contributed by atoms with Crippen LogP contribution in [-0.4, -0.2) is 134 Å². The Morgan fingerprint density at radius 1 is 0.695 bits per heavy atom. The zero-order chi connectivity index (χ0) is 44.1. The van der Waals surface area contributed by atoms with Crippen LogP contribution in [-0.2, 0) is 67.7 Å². The Kier molecular flexibility index (Phi) is 14.1. The van der Waals surface area contributed by atoms with E-state index in [1.807, 2.05) is 0 Å². The van der Waals surface area contributed by atoms with Crippen molar-refractivity contribution in [2.24, 2.45) is 0 Å². The number of imidazole rings is 1. The van der Waals surface area contributed by atoms with E-state index in [0.29, 0.717) is 4.57 Å². The highest BCUT2D eigenvalue weighted by Gasteiger charge is 2.53. The number of aromatic hydroxyl groups is 1. The van der Waals surface area contributed by atoms with Crippen LogP contribution in [0.4, 0.5) is 5.82 Å². The zero-order valence-corrected chi connectivity index (χ0v) is 33.6. The molecule has 13 atom stereocenters. The van der Waals surface area contributed by atoms with Gasteiger partial charge in [-0.15, -0.1) is 0 Å². The fourth-order valence-electron chi connectivity index (χ4n) is 5.07. The maximum atomic E-state index is 12.9. The number of aromatic nitrogens is 6. The first-order valence-corrected chi connectivity index (χ1v) is 24.1. The summed E-state index contributed by atoms with van der Waals surface area (Å²) in [5, 5.41) is 41.7. The zero-order valence-electron chi connectivity index (χ0n) is 28.2. The molecule has 0 aliphatic carbocycles. The van der Waals surface area contributed by atoms with Gasteiger partial charge in [0.05, 0.1) is 19.5 Å². The summed E-state index contributed by atoms with van der Waals surface area (Å²) < 4.78 is 114. The molecule has 0 radical (unpaired) electrons. The molecule has 0 amide bonds. The second kappa shape index (κ2) is 17.4. The Labute approximate surface area is 324 Å². The van der Waals surface area contributed by atoms with Crippen molar-refractivity contribution in [3.63, 3.8) is 0 Å². The predicted molar refractivity (Wildman–Crippen MR) is 178 cm³/mol. The third-order valence-corrected chi connectivity index (χ3v) is 15.4. The number of phosphoric acid groups is 6. The van der Waals surface area contributed by atoms with E-state index in [9.17, 15) is 77.1 Å². The van der Waals surface area contributed by atoms with Gasteiger partial charge in [0, 0.05) is 6.20 Å². The minimum atomic E-state index is -6.33. The molecule has 0 spiro atoms. The summed E-state index contributed by atoms with van der Waals surface area (Å²) in [6, 6.07) is 0.977. The van der Waals surface area contributed by atoms with Gasteiger partial charge in [-0.2, -0.15) is 27.2 Å². The van der Waals surface area contributed by atoms with Crippen molar-refractivity contribution in [2.45, 2.75) is 49.1 Å². The number of hydrogen-bond donors (Lipinski definition) is 12. The summed E-state index contributed by atoms with van der Waals surface area (Å²) in [7, 11) is -36.3. The molecule has 0 bridgehead atoms. The molecule has 3 aromatic heterocycles. The standard InChI is InChI=1S/C19H29N7O27P6/c20-9-1-2-25(19(31)24-9)18-13(29)14(8(48-18)4-46-56(37,38)51-58(41,42)50-54(32,33)34)49-57(39,40)53-59(43,44)52-55(35,36)45-3-7-11(27)12(28)17(47-7)26-6-23-10-15(26)21-5-22-16(10)30/h1-2,5-8,11-14,17-18,27-29H,3-4H2,(H,35,36)(H,37,38)(H,39,40)(H,41,42)(H,43,44)(H2,20,24,31)(H,21,22,30)(H2,32,33,34)/t7-,8-,11-,12-,13-,14-,17-,18-/m1/s1. The summed E-state index contributed by atoms with van der Waals surface area (Å²) >= 11 is 0. The number of nitrogen functional groups attached to an aromatic ring is 1. The second-order valence-corrected chi connectivity index (χ2v) is 20.5. The number of aliphatic hydroxyl groups is 3. The van der Waals surface area contributed by atoms with E-state index in [2.05, 4.69) is 50.7 Å². The second-order valence-electron chi connectivity index (χ2n) is 11.5. The first-order chi connectivity index (χ1) is 27.0. The number of ether oxygens (including phenoxy) is 2. The molecular formula is C19H29N7O27P6. The molecule has 0 aromatic carbocycles. The fourth-order valence-corrected chi connectivity index (χ4v) is 11.8. The van der Waals surface area contributed by atoms with Crippen LogP contribution in [0.2, 0.25) is 0 Å². The molecule has 13 N–H and O–H groups in total. The molecule has 0 saturated carbocycles. The lowest BCUT2D eigenvalue weighted by atomic mass is 10.1. The molecule has 2 aliphatic heterocycles. The van der Waals surface area contributed by atoms with Crippen molar-refractivity contribution >= 4 is 63.9 Å². The van der Waals surface area contributed by atoms with E-state index in [1.165, 1.54) is 0 Å². The van der Waals surface area contributed by atoms with Crippen LogP contribution in [0.15, 0.2) is 29.7 Å². The average Bonchev–Trinajstić information content (AvgIpc) is 3.70. The third kappa shape index (κ3) is 12.2. The Balaban J connectivity index is 1.26. The number of fused-ring (bicyclic) bond motifs is 1. The largest absolute Gasteiger partial charge is 0.492 e. The minimum absolute atomic E-state index is 0.0884. The number of rotatable bonds is 18. The van der Waals surface area contributed by atoms with Crippen LogP contribution in [0.25, 0.3) is 11.2 Å². The average molecular weight is 973 g/mol. The first kappa shape index (κ1) is 47.7. The quantitative estimate of drug-likeness (QED) is 0.0578. The van der Waals surface area contributed by atoms with Crippen LogP contribution in [0.1, 0.15) is 12.5 Å². The van der Waals surface area contributed by atoms with Gasteiger partial charge in [-0.05, 0) is 6.07 Å². The van der Waals surface area contributed by atoms with Gasteiger partial charge in [0.15, 0.2) is 23.6 Å². The number of phosphoric ester groups is 3. The summed E-state index contributed by atoms with van der Waals surface area (Å²) in [6.07, 6.45) is -13.3. The van der Waals surface area contributed by atoms with E-state index < -0.39 is 121 Å². The summed E-state index contributed by atoms with van der Waals surface area (Å²) in [5.41, 5.74) is 3.92. The lowest BCUT2D eigenvalue weighted by molar-refractivity contribution is -0.0540. The lowest BCUT2D eigenvalue weighted by Crippen LogP contribution is -2.37. The molecule has 3 aromatic rings. The molecule has 59 heavy (non-hydrogen) atoms. The fraction of sp³-hybridized carbons (Fsp3) is 0.526. The van der Waals surface area contributed by atoms with E-state index in [1.54, 1.807) is 0 Å². The highest BCUT2D eigenvalue weighted by atomic mass is 31.3. The van der Waals surface area contributed by atoms with Crippen molar-refractivity contribution in [3.05, 3.63) is 35.4 Å². The van der Waals surface area contributed by atoms with Crippen LogP contribution in [0.3, 0.4) is 0 Å². The van der Waals surface area contributed by atoms with Crippen molar-refractivity contribution in [1.29, 1.82) is 0 Å². The van der Waals surface area contributed by atoms with E-state index in [0.717, 1.165) is 29.5 Å². The van der Waals surface area contributed by atoms with Gasteiger partial charge in [-0.3, -0.25) is 22.7 Å². The smallest absolute Gasteiger partial charge is 0.490 e. The van der Waals surface area contributed by atoms with Gasteiger partial charge in [-0.25, -0.2) is 42.2 Å². The van der Waals surface area contributed by atoms with Crippen molar-refractivity contribution in [3.8, 4) is 5.88 Å². The van der Waals surface area contributed by atoms with Gasteiger partial charge in [0.25, 0.3) is 0 Å². The number of nitrogens with two attached hydrogens (primary N) is 1. The minimum Gasteiger partial charge on any atom is -0.492 e. The van der Waals surface area contributed by atoms with Gasteiger partial charge >= 0.3 is 52.6 Å². The van der Waals surface area contributed by atoms with Gasteiger partial charge in [0.2, 0.25) is 5.88 Å². The molecule has 2 saturated heterocycles. The van der Waals surface area contributed by atoms with Gasteiger partial charge in [0.1, 0.15) is 48.8 Å². The van der Waals surface area contributed by atoms with Crippen molar-refractivity contribution in [2.75, 3.05) is 18.9 Å². The molecule has 2 aliphatic rings. The van der Waals surface area contributed by atoms with Crippen LogP contribution >= 0.6 is 46.9 Å². The molecule has 34 nitrogen and oxygen atoms in total. The number of anilines is 1. The Morgan fingerprint density at radius 3 is 1.83 bits per heavy atom. The maximum Gasteiger partial charge on any atom is 0.490 e. The topological polar surface area (TPSA) is 513 Å². The third-order valence-electron chi connectivity index (χ3n) is 7.27. The van der Waals surface area contributed by atoms with E-state index >= 15 is 0 Å². The Morgan fingerprint density at radius 2 is 1.24 bits per heavy atom. The Hall–Kier alpha value is -2.35. The van der Waals surface area contributed by atoms with Crippen LogP contribution in [0, 0.1) is 0 Å². The number of nitrogens with zero attached hydrogens (tertiary/aromatic N) is 6. The number of hydrogen-bond acceptors (Lipinski definition) is 25. The molecular weight excluding hydrogens is 944 g/mol. The molecule has 5 heterocycles. The molecule has 5 unspecified atom stereocenters. The van der Waals surface area contributed by atoms with Gasteiger partial charge in [-0.1, -0.05) is 0 Å². The van der Waals surface area contributed by atoms with Gasteiger partial charge < -0.3 is 69.9 Å². The lowest BCUT2D eigenvalue weighted by Gasteiger charge is -2.24. The first-order valence-electron chi connectivity index (χ1n) is 15.1. The highest BCUT2D eigenvalue weighted by Crippen LogP contribution is 2.69. The summed E-state index contributed by atoms with van der Waals surface area (Å²) in [5.74, 6) is -0.911. The Bertz CT molecular complexity index is 2390. The monoisotopic (exact) mass is 973 g/mol. The van der Waals surface area contributed by atoms with Crippen molar-refractivity contribution in [1.82, 2.24) is 29.1 Å². The molecule has 332 valence electrons. The summed E-state index contributed by atoms with van der Waals surface area (Å²) in [4.78, 5) is 94.1. The van der Waals surface area contributed by atoms with Crippen LogP contribution in [0.5, 0.6) is 5.88 Å². The highest BCUT2D eigenvalue weighted by molar-refractivity contribution is 7.67.